The Morgan fingerprint density at radius 3 is 2.48 bits per heavy atom. The van der Waals surface area contributed by atoms with Gasteiger partial charge in [-0.05, 0) is 43.3 Å². The number of thioether (sulfide) groups is 1. The van der Waals surface area contributed by atoms with E-state index in [2.05, 4.69) is 0 Å². The van der Waals surface area contributed by atoms with Crippen molar-refractivity contribution in [3.63, 3.8) is 0 Å². The minimum atomic E-state index is -0.166. The fraction of sp³-hybridized carbons (Fsp3) is 0.200. The second kappa shape index (κ2) is 8.45. The molecule has 0 spiro atoms. The van der Waals surface area contributed by atoms with Gasteiger partial charge >= 0.3 is 0 Å². The number of hydrogen-bond acceptors (Lipinski definition) is 6. The van der Waals surface area contributed by atoms with E-state index in [0.29, 0.717) is 33.0 Å². The van der Waals surface area contributed by atoms with E-state index in [-0.39, 0.29) is 5.91 Å². The first-order valence-corrected chi connectivity index (χ1v) is 9.53. The molecule has 0 N–H and O–H groups in total. The molecule has 1 aliphatic rings. The van der Waals surface area contributed by atoms with Crippen molar-refractivity contribution in [1.29, 1.82) is 0 Å². The number of benzene rings is 2. The van der Waals surface area contributed by atoms with Crippen LogP contribution in [0, 0.1) is 0 Å². The summed E-state index contributed by atoms with van der Waals surface area (Å²) < 4.78 is 16.7. The number of carbonyl (C=O) groups is 1. The number of carbonyl (C=O) groups excluding carboxylic acids is 1. The van der Waals surface area contributed by atoms with Gasteiger partial charge in [0.15, 0.2) is 15.8 Å². The van der Waals surface area contributed by atoms with Gasteiger partial charge in [-0.3, -0.25) is 9.69 Å². The van der Waals surface area contributed by atoms with E-state index < -0.39 is 0 Å². The van der Waals surface area contributed by atoms with E-state index in [9.17, 15) is 4.79 Å². The fourth-order valence-electron chi connectivity index (χ4n) is 2.67. The van der Waals surface area contributed by atoms with Crippen molar-refractivity contribution >= 4 is 46.0 Å². The molecule has 0 unspecified atom stereocenters. The maximum Gasteiger partial charge on any atom is 0.270 e. The standard InChI is InChI=1S/C20H19NO4S2/c1-4-25-18-13(6-5-7-16(18)24-3)12-17-19(22)21(20(26)27-17)14-8-10-15(23-2)11-9-14/h5-12H,4H2,1-3H3/b17-12-. The summed E-state index contributed by atoms with van der Waals surface area (Å²) in [6.45, 7) is 2.40. The molecular weight excluding hydrogens is 382 g/mol. The zero-order chi connectivity index (χ0) is 19.4. The summed E-state index contributed by atoms with van der Waals surface area (Å²) in [4.78, 5) is 15.0. The van der Waals surface area contributed by atoms with Gasteiger partial charge in [-0.15, -0.1) is 0 Å². The first-order valence-electron chi connectivity index (χ1n) is 8.30. The lowest BCUT2D eigenvalue weighted by Gasteiger charge is -2.15. The SMILES string of the molecule is CCOc1c(/C=C2\SC(=S)N(c3ccc(OC)cc3)C2=O)cccc1OC. The number of ether oxygens (including phenoxy) is 3. The minimum Gasteiger partial charge on any atom is -0.497 e. The van der Waals surface area contributed by atoms with Crippen LogP contribution < -0.4 is 19.1 Å². The molecule has 27 heavy (non-hydrogen) atoms. The molecule has 1 heterocycles. The molecule has 0 radical (unpaired) electrons. The number of thiocarbonyl (C=S) groups is 1. The van der Waals surface area contributed by atoms with Gasteiger partial charge in [0.25, 0.3) is 5.91 Å². The Hall–Kier alpha value is -2.51. The normalized spacial score (nSPS) is 15.4. The number of nitrogens with zero attached hydrogens (tertiary/aromatic N) is 1. The molecule has 7 heteroatoms. The van der Waals surface area contributed by atoms with Crippen molar-refractivity contribution in [1.82, 2.24) is 0 Å². The Bertz CT molecular complexity index is 893. The van der Waals surface area contributed by atoms with Crippen LogP contribution in [0.15, 0.2) is 47.4 Å². The van der Waals surface area contributed by atoms with Crippen molar-refractivity contribution in [2.24, 2.45) is 0 Å². The van der Waals surface area contributed by atoms with Gasteiger partial charge in [-0.1, -0.05) is 36.1 Å². The topological polar surface area (TPSA) is 48.0 Å². The molecule has 5 nitrogen and oxygen atoms in total. The Morgan fingerprint density at radius 2 is 1.85 bits per heavy atom. The van der Waals surface area contributed by atoms with Gasteiger partial charge in [-0.2, -0.15) is 0 Å². The number of rotatable bonds is 6. The average molecular weight is 402 g/mol. The van der Waals surface area contributed by atoms with Crippen LogP contribution in [0.5, 0.6) is 17.2 Å². The van der Waals surface area contributed by atoms with E-state index in [1.54, 1.807) is 32.4 Å². The Morgan fingerprint density at radius 1 is 1.11 bits per heavy atom. The van der Waals surface area contributed by atoms with E-state index >= 15 is 0 Å². The molecule has 2 aromatic carbocycles. The lowest BCUT2D eigenvalue weighted by molar-refractivity contribution is -0.113. The first kappa shape index (κ1) is 19.3. The number of amides is 1. The van der Waals surface area contributed by atoms with E-state index in [1.807, 2.05) is 37.3 Å². The highest BCUT2D eigenvalue weighted by Gasteiger charge is 2.33. The quantitative estimate of drug-likeness (QED) is 0.524. The Balaban J connectivity index is 1.95. The van der Waals surface area contributed by atoms with Gasteiger partial charge in [0.2, 0.25) is 0 Å². The number of hydrogen-bond donors (Lipinski definition) is 0. The van der Waals surface area contributed by atoms with E-state index in [4.69, 9.17) is 26.4 Å². The summed E-state index contributed by atoms with van der Waals surface area (Å²) in [6, 6.07) is 12.8. The van der Waals surface area contributed by atoms with Gasteiger partial charge in [-0.25, -0.2) is 0 Å². The van der Waals surface area contributed by atoms with Crippen molar-refractivity contribution in [2.75, 3.05) is 25.7 Å². The van der Waals surface area contributed by atoms with Crippen LogP contribution in [0.2, 0.25) is 0 Å². The highest BCUT2D eigenvalue weighted by molar-refractivity contribution is 8.27. The molecule has 1 amide bonds. The smallest absolute Gasteiger partial charge is 0.270 e. The first-order chi connectivity index (χ1) is 13.1. The molecule has 1 fully saturated rings. The zero-order valence-electron chi connectivity index (χ0n) is 15.2. The second-order valence-electron chi connectivity index (χ2n) is 5.53. The summed E-state index contributed by atoms with van der Waals surface area (Å²) in [7, 11) is 3.19. The minimum absolute atomic E-state index is 0.166. The van der Waals surface area contributed by atoms with Crippen molar-refractivity contribution < 1.29 is 19.0 Å². The maximum atomic E-state index is 12.9. The molecule has 0 bridgehead atoms. The molecule has 0 atom stereocenters. The van der Waals surface area contributed by atoms with Crippen molar-refractivity contribution in [2.45, 2.75) is 6.92 Å². The van der Waals surface area contributed by atoms with Crippen LogP contribution in [-0.2, 0) is 4.79 Å². The predicted molar refractivity (Wildman–Crippen MR) is 113 cm³/mol. The third-order valence-corrected chi connectivity index (χ3v) is 5.23. The van der Waals surface area contributed by atoms with Gasteiger partial charge in [0.05, 0.1) is 31.4 Å². The van der Waals surface area contributed by atoms with Crippen molar-refractivity contribution in [3.8, 4) is 17.2 Å². The van der Waals surface area contributed by atoms with Crippen LogP contribution in [0.25, 0.3) is 6.08 Å². The molecule has 140 valence electrons. The molecule has 3 rings (SSSR count). The molecule has 0 saturated carbocycles. The lowest BCUT2D eigenvalue weighted by Crippen LogP contribution is -2.27. The third kappa shape index (κ3) is 3.94. The predicted octanol–water partition coefficient (Wildman–Crippen LogP) is 4.51. The van der Waals surface area contributed by atoms with E-state index in [1.165, 1.54) is 16.7 Å². The average Bonchev–Trinajstić information content (AvgIpc) is 2.96. The maximum absolute atomic E-state index is 12.9. The van der Waals surface area contributed by atoms with Gasteiger partial charge < -0.3 is 14.2 Å². The van der Waals surface area contributed by atoms with Gasteiger partial charge in [0.1, 0.15) is 5.75 Å². The summed E-state index contributed by atoms with van der Waals surface area (Å²) in [5.74, 6) is 1.78. The second-order valence-corrected chi connectivity index (χ2v) is 7.20. The van der Waals surface area contributed by atoms with Crippen LogP contribution in [0.4, 0.5) is 5.69 Å². The molecule has 2 aromatic rings. The largest absolute Gasteiger partial charge is 0.497 e. The molecular formula is C20H19NO4S2. The Kier molecular flexibility index (Phi) is 6.03. The number of anilines is 1. The third-order valence-electron chi connectivity index (χ3n) is 3.93. The fourth-order valence-corrected chi connectivity index (χ4v) is 3.96. The highest BCUT2D eigenvalue weighted by atomic mass is 32.2. The summed E-state index contributed by atoms with van der Waals surface area (Å²) in [5.41, 5.74) is 1.48. The summed E-state index contributed by atoms with van der Waals surface area (Å²) in [6.07, 6.45) is 1.79. The van der Waals surface area contributed by atoms with Crippen LogP contribution in [0.1, 0.15) is 12.5 Å². The van der Waals surface area contributed by atoms with Crippen LogP contribution in [0.3, 0.4) is 0 Å². The zero-order valence-corrected chi connectivity index (χ0v) is 16.9. The molecule has 1 aliphatic heterocycles. The molecule has 0 aliphatic carbocycles. The molecule has 0 aromatic heterocycles. The monoisotopic (exact) mass is 401 g/mol. The summed E-state index contributed by atoms with van der Waals surface area (Å²) >= 11 is 6.69. The highest BCUT2D eigenvalue weighted by Crippen LogP contribution is 2.39. The van der Waals surface area contributed by atoms with Crippen LogP contribution >= 0.6 is 24.0 Å². The number of para-hydroxylation sites is 1. The lowest BCUT2D eigenvalue weighted by atomic mass is 10.1. The van der Waals surface area contributed by atoms with E-state index in [0.717, 1.165) is 11.3 Å². The molecule has 1 saturated heterocycles. The van der Waals surface area contributed by atoms with Crippen molar-refractivity contribution in [3.05, 3.63) is 52.9 Å². The summed E-state index contributed by atoms with van der Waals surface area (Å²) in [5, 5.41) is 0. The van der Waals surface area contributed by atoms with Gasteiger partial charge in [0, 0.05) is 5.56 Å². The number of methoxy groups -OCH3 is 2. The Labute approximate surface area is 167 Å². The van der Waals surface area contributed by atoms with Crippen LogP contribution in [-0.4, -0.2) is 31.1 Å².